The van der Waals surface area contributed by atoms with Crippen LogP contribution in [0.2, 0.25) is 0 Å². The lowest BCUT2D eigenvalue weighted by Gasteiger charge is -2.04. The van der Waals surface area contributed by atoms with E-state index in [0.29, 0.717) is 11.5 Å². The number of rotatable bonds is 5. The lowest BCUT2D eigenvalue weighted by molar-refractivity contribution is 0.164. The van der Waals surface area contributed by atoms with E-state index < -0.39 is 6.10 Å². The van der Waals surface area contributed by atoms with Gasteiger partial charge in [0.2, 0.25) is 5.89 Å². The lowest BCUT2D eigenvalue weighted by Crippen LogP contribution is -1.90. The topological polar surface area (TPSA) is 64.7 Å². The Bertz CT molecular complexity index is 739. The average molecular weight is 325 g/mol. The van der Waals surface area contributed by atoms with Gasteiger partial charge < -0.3 is 19.0 Å². The second kappa shape index (κ2) is 6.76. The van der Waals surface area contributed by atoms with E-state index in [1.54, 1.807) is 21.1 Å². The summed E-state index contributed by atoms with van der Waals surface area (Å²) in [7, 11) is 3.25. The van der Waals surface area contributed by atoms with Gasteiger partial charge in [-0.25, -0.2) is 4.98 Å². The molecule has 0 radical (unpaired) electrons. The second-order valence-electron chi connectivity index (χ2n) is 5.36. The maximum atomic E-state index is 9.82. The molecule has 3 aromatic rings. The van der Waals surface area contributed by atoms with Gasteiger partial charge in [-0.1, -0.05) is 0 Å². The van der Waals surface area contributed by atoms with Gasteiger partial charge in [-0.15, -0.1) is 0 Å². The Hall–Kier alpha value is -2.79. The Kier molecular flexibility index (Phi) is 4.53. The standard InChI is InChI=1S/C19H19NO4/c1-12(21)19-20-17(13-4-8-15(22-2)9-5-13)18(24-19)14-6-10-16(23-3)11-7-14/h4-12,21H,1-3H3. The molecule has 1 unspecified atom stereocenters. The molecule has 2 aromatic carbocycles. The number of nitrogens with zero attached hydrogens (tertiary/aromatic N) is 1. The summed E-state index contributed by atoms with van der Waals surface area (Å²) in [5, 5.41) is 9.82. The first-order valence-electron chi connectivity index (χ1n) is 7.60. The van der Waals surface area contributed by atoms with Gasteiger partial charge in [0.05, 0.1) is 14.2 Å². The van der Waals surface area contributed by atoms with Crippen LogP contribution in [0.1, 0.15) is 18.9 Å². The van der Waals surface area contributed by atoms with E-state index in [1.165, 1.54) is 0 Å². The molecule has 5 nitrogen and oxygen atoms in total. The largest absolute Gasteiger partial charge is 0.497 e. The van der Waals surface area contributed by atoms with E-state index in [2.05, 4.69) is 4.98 Å². The molecule has 0 amide bonds. The molecule has 5 heteroatoms. The van der Waals surface area contributed by atoms with Crippen LogP contribution in [0.4, 0.5) is 0 Å². The van der Waals surface area contributed by atoms with Crippen molar-refractivity contribution >= 4 is 0 Å². The van der Waals surface area contributed by atoms with Crippen molar-refractivity contribution in [1.82, 2.24) is 4.98 Å². The van der Waals surface area contributed by atoms with Gasteiger partial charge in [0.15, 0.2) is 5.76 Å². The lowest BCUT2D eigenvalue weighted by atomic mass is 10.1. The summed E-state index contributed by atoms with van der Waals surface area (Å²) in [4.78, 5) is 4.47. The number of methoxy groups -OCH3 is 2. The molecule has 124 valence electrons. The number of aliphatic hydroxyl groups is 1. The molecule has 0 aliphatic heterocycles. The Morgan fingerprint density at radius 2 is 1.38 bits per heavy atom. The number of benzene rings is 2. The van der Waals surface area contributed by atoms with Gasteiger partial charge in [-0.3, -0.25) is 0 Å². The van der Waals surface area contributed by atoms with Crippen LogP contribution < -0.4 is 9.47 Å². The van der Waals surface area contributed by atoms with Crippen molar-refractivity contribution in [2.24, 2.45) is 0 Å². The predicted molar refractivity (Wildman–Crippen MR) is 91.1 cm³/mol. The van der Waals surface area contributed by atoms with Crippen molar-refractivity contribution in [2.75, 3.05) is 14.2 Å². The molecule has 0 saturated carbocycles. The van der Waals surface area contributed by atoms with Gasteiger partial charge in [0, 0.05) is 11.1 Å². The fourth-order valence-electron chi connectivity index (χ4n) is 2.40. The molecule has 0 bridgehead atoms. The predicted octanol–water partition coefficient (Wildman–Crippen LogP) is 4.08. The van der Waals surface area contributed by atoms with E-state index in [0.717, 1.165) is 22.6 Å². The molecule has 0 aliphatic carbocycles. The SMILES string of the molecule is COc1ccc(-c2nc(C(C)O)oc2-c2ccc(OC)cc2)cc1. The van der Waals surface area contributed by atoms with Gasteiger partial charge in [-0.05, 0) is 55.5 Å². The molecule has 0 saturated heterocycles. The first-order chi connectivity index (χ1) is 11.6. The number of hydrogen-bond donors (Lipinski definition) is 1. The van der Waals surface area contributed by atoms with Crippen LogP contribution in [0.3, 0.4) is 0 Å². The fraction of sp³-hybridized carbons (Fsp3) is 0.211. The maximum Gasteiger partial charge on any atom is 0.224 e. The second-order valence-corrected chi connectivity index (χ2v) is 5.36. The van der Waals surface area contributed by atoms with Gasteiger partial charge in [0.25, 0.3) is 0 Å². The molecule has 24 heavy (non-hydrogen) atoms. The molecule has 3 rings (SSSR count). The highest BCUT2D eigenvalue weighted by Gasteiger charge is 2.19. The maximum absolute atomic E-state index is 9.82. The van der Waals surface area contributed by atoms with Crippen LogP contribution in [-0.2, 0) is 0 Å². The molecule has 1 N–H and O–H groups in total. The number of aliphatic hydroxyl groups excluding tert-OH is 1. The number of hydrogen-bond acceptors (Lipinski definition) is 5. The van der Waals surface area contributed by atoms with Gasteiger partial charge >= 0.3 is 0 Å². The van der Waals surface area contributed by atoms with Crippen LogP contribution in [-0.4, -0.2) is 24.3 Å². The summed E-state index contributed by atoms with van der Waals surface area (Å²) in [6.07, 6.45) is -0.783. The number of oxazole rings is 1. The molecular weight excluding hydrogens is 306 g/mol. The van der Waals surface area contributed by atoms with Crippen molar-refractivity contribution < 1.29 is 19.0 Å². The van der Waals surface area contributed by atoms with E-state index in [4.69, 9.17) is 13.9 Å². The summed E-state index contributed by atoms with van der Waals surface area (Å²) < 4.78 is 16.2. The smallest absolute Gasteiger partial charge is 0.224 e. The van der Waals surface area contributed by atoms with Crippen molar-refractivity contribution in [3.63, 3.8) is 0 Å². The number of ether oxygens (including phenoxy) is 2. The third-order valence-corrected chi connectivity index (χ3v) is 3.72. The highest BCUT2D eigenvalue weighted by atomic mass is 16.5. The monoisotopic (exact) mass is 325 g/mol. The highest BCUT2D eigenvalue weighted by molar-refractivity contribution is 5.77. The van der Waals surface area contributed by atoms with E-state index in [9.17, 15) is 5.11 Å². The van der Waals surface area contributed by atoms with Crippen molar-refractivity contribution in [1.29, 1.82) is 0 Å². The van der Waals surface area contributed by atoms with E-state index in [-0.39, 0.29) is 5.89 Å². The van der Waals surface area contributed by atoms with Gasteiger partial charge in [0.1, 0.15) is 23.3 Å². The van der Waals surface area contributed by atoms with Crippen LogP contribution >= 0.6 is 0 Å². The molecule has 0 spiro atoms. The van der Waals surface area contributed by atoms with Crippen LogP contribution in [0.25, 0.3) is 22.6 Å². The first-order valence-corrected chi connectivity index (χ1v) is 7.60. The summed E-state index contributed by atoms with van der Waals surface area (Å²) in [6, 6.07) is 15.1. The Labute approximate surface area is 140 Å². The highest BCUT2D eigenvalue weighted by Crippen LogP contribution is 2.35. The third kappa shape index (κ3) is 3.12. The summed E-state index contributed by atoms with van der Waals surface area (Å²) in [5.74, 6) is 2.43. The first kappa shape index (κ1) is 16.1. The van der Waals surface area contributed by atoms with Crippen molar-refractivity contribution in [2.45, 2.75) is 13.0 Å². The Balaban J connectivity index is 2.09. The molecular formula is C19H19NO4. The number of aromatic nitrogens is 1. The molecule has 1 atom stereocenters. The van der Waals surface area contributed by atoms with E-state index >= 15 is 0 Å². The molecule has 1 heterocycles. The average Bonchev–Trinajstić information content (AvgIpc) is 3.07. The summed E-state index contributed by atoms with van der Waals surface area (Å²) >= 11 is 0. The molecule has 0 fully saturated rings. The molecule has 1 aromatic heterocycles. The van der Waals surface area contributed by atoms with Crippen LogP contribution in [0.5, 0.6) is 11.5 Å². The van der Waals surface area contributed by atoms with Gasteiger partial charge in [-0.2, -0.15) is 0 Å². The zero-order chi connectivity index (χ0) is 17.1. The van der Waals surface area contributed by atoms with Crippen LogP contribution in [0.15, 0.2) is 52.9 Å². The minimum absolute atomic E-state index is 0.284. The minimum atomic E-state index is -0.783. The zero-order valence-electron chi connectivity index (χ0n) is 13.8. The minimum Gasteiger partial charge on any atom is -0.497 e. The van der Waals surface area contributed by atoms with Crippen molar-refractivity contribution in [3.8, 4) is 34.1 Å². The Morgan fingerprint density at radius 3 is 1.83 bits per heavy atom. The Morgan fingerprint density at radius 1 is 0.875 bits per heavy atom. The molecule has 0 aliphatic rings. The normalized spacial score (nSPS) is 12.0. The fourth-order valence-corrected chi connectivity index (χ4v) is 2.40. The summed E-state index contributed by atoms with van der Waals surface area (Å²) in [6.45, 7) is 1.63. The third-order valence-electron chi connectivity index (χ3n) is 3.72. The van der Waals surface area contributed by atoms with E-state index in [1.807, 2.05) is 48.5 Å². The summed E-state index contributed by atoms with van der Waals surface area (Å²) in [5.41, 5.74) is 2.43. The van der Waals surface area contributed by atoms with Crippen LogP contribution in [0, 0.1) is 0 Å². The zero-order valence-corrected chi connectivity index (χ0v) is 13.8. The quantitative estimate of drug-likeness (QED) is 0.766. The van der Waals surface area contributed by atoms with Crippen molar-refractivity contribution in [3.05, 3.63) is 54.4 Å².